The second-order valence-electron chi connectivity index (χ2n) is 5.96. The van der Waals surface area contributed by atoms with Gasteiger partial charge in [0.1, 0.15) is 0 Å². The van der Waals surface area contributed by atoms with Gasteiger partial charge < -0.3 is 10.4 Å². The minimum absolute atomic E-state index is 0.326. The van der Waals surface area contributed by atoms with Crippen molar-refractivity contribution in [3.05, 3.63) is 0 Å². The normalized spacial score (nSPS) is 26.6. The van der Waals surface area contributed by atoms with Gasteiger partial charge in [-0.2, -0.15) is 11.8 Å². The Morgan fingerprint density at radius 3 is 2.88 bits per heavy atom. The Morgan fingerprint density at radius 2 is 2.25 bits per heavy atom. The molecule has 1 heterocycles. The molecule has 2 N–H and O–H groups in total. The summed E-state index contributed by atoms with van der Waals surface area (Å²) in [5.41, 5.74) is 0.499. The van der Waals surface area contributed by atoms with E-state index in [1.54, 1.807) is 0 Å². The highest BCUT2D eigenvalue weighted by atomic mass is 32.2. The first-order valence-electron chi connectivity index (χ1n) is 6.45. The number of hydrogen-bond donors (Lipinski definition) is 2. The average molecular weight is 245 g/mol. The third-order valence-corrected chi connectivity index (χ3v) is 4.85. The molecule has 0 radical (unpaired) electrons. The van der Waals surface area contributed by atoms with Crippen molar-refractivity contribution in [1.29, 1.82) is 0 Å². The molecule has 2 nitrogen and oxygen atoms in total. The van der Waals surface area contributed by atoms with Crippen LogP contribution in [0.5, 0.6) is 0 Å². The summed E-state index contributed by atoms with van der Waals surface area (Å²) in [5.74, 6) is 3.02. The van der Waals surface area contributed by atoms with Crippen molar-refractivity contribution in [2.24, 2.45) is 11.3 Å². The van der Waals surface area contributed by atoms with Crippen LogP contribution in [0.2, 0.25) is 0 Å². The van der Waals surface area contributed by atoms with E-state index >= 15 is 0 Å². The molecular weight excluding hydrogens is 218 g/mol. The summed E-state index contributed by atoms with van der Waals surface area (Å²) in [6, 6.07) is 0.693. The zero-order valence-electron chi connectivity index (χ0n) is 11.0. The SMILES string of the molecule is CC(CO)CCCNC1CSCC(C)(C)C1. The number of aliphatic hydroxyl groups excluding tert-OH is 1. The third kappa shape index (κ3) is 5.55. The minimum atomic E-state index is 0.326. The Labute approximate surface area is 105 Å². The molecule has 0 saturated carbocycles. The largest absolute Gasteiger partial charge is 0.396 e. The first-order chi connectivity index (χ1) is 7.53. The van der Waals surface area contributed by atoms with Crippen molar-refractivity contribution in [1.82, 2.24) is 5.32 Å². The molecule has 1 aliphatic heterocycles. The molecule has 0 aliphatic carbocycles. The highest BCUT2D eigenvalue weighted by Crippen LogP contribution is 2.33. The van der Waals surface area contributed by atoms with Gasteiger partial charge in [0.05, 0.1) is 0 Å². The predicted molar refractivity (Wildman–Crippen MR) is 73.0 cm³/mol. The maximum Gasteiger partial charge on any atom is 0.0456 e. The molecule has 0 spiro atoms. The maximum absolute atomic E-state index is 8.93. The maximum atomic E-state index is 8.93. The van der Waals surface area contributed by atoms with Gasteiger partial charge in [0.15, 0.2) is 0 Å². The van der Waals surface area contributed by atoms with Crippen LogP contribution in [-0.4, -0.2) is 35.8 Å². The van der Waals surface area contributed by atoms with Gasteiger partial charge in [-0.1, -0.05) is 20.8 Å². The Bertz CT molecular complexity index is 196. The molecule has 1 aliphatic rings. The quantitative estimate of drug-likeness (QED) is 0.705. The van der Waals surface area contributed by atoms with E-state index in [1.165, 1.54) is 24.3 Å². The van der Waals surface area contributed by atoms with Crippen molar-refractivity contribution in [3.8, 4) is 0 Å². The van der Waals surface area contributed by atoms with Gasteiger partial charge in [-0.25, -0.2) is 0 Å². The molecule has 0 aromatic carbocycles. The number of nitrogens with one attached hydrogen (secondary N) is 1. The summed E-state index contributed by atoms with van der Waals surface area (Å²) in [7, 11) is 0. The summed E-state index contributed by atoms with van der Waals surface area (Å²) in [4.78, 5) is 0. The van der Waals surface area contributed by atoms with Crippen LogP contribution in [0, 0.1) is 11.3 Å². The van der Waals surface area contributed by atoms with Gasteiger partial charge in [-0.05, 0) is 42.9 Å². The van der Waals surface area contributed by atoms with Crippen LogP contribution in [0.15, 0.2) is 0 Å². The van der Waals surface area contributed by atoms with Gasteiger partial charge in [-0.3, -0.25) is 0 Å². The topological polar surface area (TPSA) is 32.3 Å². The lowest BCUT2D eigenvalue weighted by Crippen LogP contribution is -2.40. The van der Waals surface area contributed by atoms with Gasteiger partial charge in [0, 0.05) is 18.4 Å². The Hall–Kier alpha value is 0.270. The van der Waals surface area contributed by atoms with Crippen LogP contribution in [0.1, 0.15) is 40.0 Å². The van der Waals surface area contributed by atoms with E-state index in [9.17, 15) is 0 Å². The molecule has 1 fully saturated rings. The van der Waals surface area contributed by atoms with E-state index in [2.05, 4.69) is 37.8 Å². The average Bonchev–Trinajstić information content (AvgIpc) is 2.22. The second-order valence-corrected chi connectivity index (χ2v) is 6.99. The first-order valence-corrected chi connectivity index (χ1v) is 7.61. The Morgan fingerprint density at radius 1 is 1.50 bits per heavy atom. The number of hydrogen-bond acceptors (Lipinski definition) is 3. The molecule has 1 rings (SSSR count). The van der Waals surface area contributed by atoms with Gasteiger partial charge in [-0.15, -0.1) is 0 Å². The second kappa shape index (κ2) is 6.87. The van der Waals surface area contributed by atoms with Crippen LogP contribution < -0.4 is 5.32 Å². The van der Waals surface area contributed by atoms with Crippen LogP contribution in [-0.2, 0) is 0 Å². The van der Waals surface area contributed by atoms with Crippen molar-refractivity contribution >= 4 is 11.8 Å². The molecule has 0 bridgehead atoms. The number of thioether (sulfide) groups is 1. The molecule has 2 unspecified atom stereocenters. The Balaban J connectivity index is 2.09. The first kappa shape index (κ1) is 14.3. The zero-order chi connectivity index (χ0) is 12.0. The van der Waals surface area contributed by atoms with E-state index in [0.29, 0.717) is 24.0 Å². The summed E-state index contributed by atoms with van der Waals surface area (Å²) in [5, 5.41) is 12.6. The standard InChI is InChI=1S/C13H27NOS/c1-11(8-15)5-4-6-14-12-7-13(2,3)10-16-9-12/h11-12,14-15H,4-10H2,1-3H3. The molecule has 16 heavy (non-hydrogen) atoms. The lowest BCUT2D eigenvalue weighted by atomic mass is 9.88. The molecule has 0 aromatic rings. The fraction of sp³-hybridized carbons (Fsp3) is 1.00. The zero-order valence-corrected chi connectivity index (χ0v) is 11.8. The van der Waals surface area contributed by atoms with E-state index in [0.717, 1.165) is 13.0 Å². The van der Waals surface area contributed by atoms with Crippen molar-refractivity contribution in [2.75, 3.05) is 24.7 Å². The monoisotopic (exact) mass is 245 g/mol. The molecule has 0 amide bonds. The lowest BCUT2D eigenvalue weighted by molar-refractivity contribution is 0.227. The van der Waals surface area contributed by atoms with Crippen LogP contribution in [0.25, 0.3) is 0 Å². The van der Waals surface area contributed by atoms with Crippen LogP contribution in [0.4, 0.5) is 0 Å². The fourth-order valence-electron chi connectivity index (χ4n) is 2.24. The van der Waals surface area contributed by atoms with E-state index in [1.807, 2.05) is 0 Å². The van der Waals surface area contributed by atoms with E-state index < -0.39 is 0 Å². The van der Waals surface area contributed by atoms with E-state index in [-0.39, 0.29) is 0 Å². The van der Waals surface area contributed by atoms with Crippen LogP contribution in [0.3, 0.4) is 0 Å². The summed E-state index contributed by atoms with van der Waals surface area (Å²) in [6.45, 7) is 8.26. The highest BCUT2D eigenvalue weighted by molar-refractivity contribution is 7.99. The summed E-state index contributed by atoms with van der Waals surface area (Å²) >= 11 is 2.08. The van der Waals surface area contributed by atoms with Crippen LogP contribution >= 0.6 is 11.8 Å². The Kier molecular flexibility index (Phi) is 6.16. The predicted octanol–water partition coefficient (Wildman–Crippen LogP) is 2.52. The lowest BCUT2D eigenvalue weighted by Gasteiger charge is -2.35. The molecule has 3 heteroatoms. The highest BCUT2D eigenvalue weighted by Gasteiger charge is 2.27. The van der Waals surface area contributed by atoms with E-state index in [4.69, 9.17) is 5.11 Å². The van der Waals surface area contributed by atoms with Gasteiger partial charge in [0.25, 0.3) is 0 Å². The van der Waals surface area contributed by atoms with Crippen molar-refractivity contribution in [3.63, 3.8) is 0 Å². The van der Waals surface area contributed by atoms with Gasteiger partial charge >= 0.3 is 0 Å². The number of aliphatic hydroxyl groups is 1. The minimum Gasteiger partial charge on any atom is -0.396 e. The van der Waals surface area contributed by atoms with Gasteiger partial charge in [0.2, 0.25) is 0 Å². The molecule has 2 atom stereocenters. The smallest absolute Gasteiger partial charge is 0.0456 e. The molecule has 96 valence electrons. The molecule has 0 aromatic heterocycles. The molecule has 1 saturated heterocycles. The van der Waals surface area contributed by atoms with Crippen molar-refractivity contribution < 1.29 is 5.11 Å². The fourth-order valence-corrected chi connectivity index (χ4v) is 3.55. The third-order valence-electron chi connectivity index (χ3n) is 3.23. The van der Waals surface area contributed by atoms with Crippen molar-refractivity contribution in [2.45, 2.75) is 46.1 Å². The summed E-state index contributed by atoms with van der Waals surface area (Å²) < 4.78 is 0. The summed E-state index contributed by atoms with van der Waals surface area (Å²) in [6.07, 6.45) is 3.62. The molecular formula is C13H27NOS. The number of rotatable bonds is 6.